The summed E-state index contributed by atoms with van der Waals surface area (Å²) >= 11 is 0. The van der Waals surface area contributed by atoms with Crippen LogP contribution in [0.5, 0.6) is 0 Å². The number of fused-ring (bicyclic) bond motifs is 1. The van der Waals surface area contributed by atoms with Crippen LogP contribution in [0.3, 0.4) is 0 Å². The van der Waals surface area contributed by atoms with E-state index in [0.29, 0.717) is 12.5 Å². The average Bonchev–Trinajstić information content (AvgIpc) is 2.87. The zero-order valence-corrected chi connectivity index (χ0v) is 12.5. The van der Waals surface area contributed by atoms with Crippen LogP contribution in [0.2, 0.25) is 0 Å². The lowest BCUT2D eigenvalue weighted by Gasteiger charge is -2.26. The number of ketones is 1. The summed E-state index contributed by atoms with van der Waals surface area (Å²) in [4.78, 5) is 23.1. The average molecular weight is 290 g/mol. The van der Waals surface area contributed by atoms with E-state index in [4.69, 9.17) is 0 Å². The van der Waals surface area contributed by atoms with Crippen molar-refractivity contribution >= 4 is 11.8 Å². The second-order valence-electron chi connectivity index (χ2n) is 6.37. The van der Waals surface area contributed by atoms with Crippen LogP contribution in [0.4, 0.5) is 0 Å². The van der Waals surface area contributed by atoms with Gasteiger partial charge in [-0.25, -0.2) is 4.79 Å². The molecule has 21 heavy (non-hydrogen) atoms. The maximum atomic E-state index is 11.6. The molecule has 1 atom stereocenters. The first-order valence-corrected chi connectivity index (χ1v) is 7.92. The standard InChI is InChI=1S/C16H22N2O3/c1-10(19)11-7-8-14-13(9-11)15(16(20)21)17-18(14)12-5-3-2-4-6-12/h11-12H,2-9H2,1H3,(H,20,21). The van der Waals surface area contributed by atoms with Crippen LogP contribution in [-0.4, -0.2) is 26.6 Å². The molecule has 1 N–H and O–H groups in total. The Labute approximate surface area is 124 Å². The fourth-order valence-electron chi connectivity index (χ4n) is 3.79. The van der Waals surface area contributed by atoms with Crippen molar-refractivity contribution in [3.8, 4) is 0 Å². The number of Topliss-reactive ketones (excluding diaryl/α,β-unsaturated/α-hetero) is 1. The summed E-state index contributed by atoms with van der Waals surface area (Å²) in [5, 5.41) is 13.8. The molecule has 1 heterocycles. The molecule has 2 aliphatic carbocycles. The first-order chi connectivity index (χ1) is 10.1. The van der Waals surface area contributed by atoms with E-state index >= 15 is 0 Å². The van der Waals surface area contributed by atoms with Gasteiger partial charge in [-0.05, 0) is 39.0 Å². The van der Waals surface area contributed by atoms with Gasteiger partial charge in [0.05, 0.1) is 6.04 Å². The number of nitrogens with zero attached hydrogens (tertiary/aromatic N) is 2. The van der Waals surface area contributed by atoms with Gasteiger partial charge in [-0.3, -0.25) is 9.48 Å². The lowest BCUT2D eigenvalue weighted by molar-refractivity contribution is -0.121. The monoisotopic (exact) mass is 290 g/mol. The molecule has 114 valence electrons. The minimum Gasteiger partial charge on any atom is -0.476 e. The SMILES string of the molecule is CC(=O)C1CCc2c(c(C(=O)O)nn2C2CCCCC2)C1. The third kappa shape index (κ3) is 2.61. The van der Waals surface area contributed by atoms with Crippen LogP contribution in [0.15, 0.2) is 0 Å². The number of hydrogen-bond donors (Lipinski definition) is 1. The number of carboxylic acid groups (broad SMARTS) is 1. The van der Waals surface area contributed by atoms with Gasteiger partial charge in [0.1, 0.15) is 5.78 Å². The molecule has 0 amide bonds. The molecule has 0 saturated heterocycles. The van der Waals surface area contributed by atoms with E-state index in [9.17, 15) is 14.7 Å². The second-order valence-corrected chi connectivity index (χ2v) is 6.37. The smallest absolute Gasteiger partial charge is 0.356 e. The summed E-state index contributed by atoms with van der Waals surface area (Å²) in [6.07, 6.45) is 7.95. The molecule has 5 heteroatoms. The van der Waals surface area contributed by atoms with Gasteiger partial charge >= 0.3 is 5.97 Å². The molecule has 0 aromatic carbocycles. The lowest BCUT2D eigenvalue weighted by atomic mass is 9.84. The summed E-state index contributed by atoms with van der Waals surface area (Å²) in [7, 11) is 0. The Hall–Kier alpha value is -1.65. The molecule has 3 rings (SSSR count). The van der Waals surface area contributed by atoms with E-state index in [-0.39, 0.29) is 17.4 Å². The van der Waals surface area contributed by atoms with Crippen LogP contribution in [-0.2, 0) is 17.6 Å². The largest absolute Gasteiger partial charge is 0.476 e. The fraction of sp³-hybridized carbons (Fsp3) is 0.688. The molecule has 0 aliphatic heterocycles. The first kappa shape index (κ1) is 14.3. The van der Waals surface area contributed by atoms with Crippen LogP contribution < -0.4 is 0 Å². The van der Waals surface area contributed by atoms with Gasteiger partial charge in [0.15, 0.2) is 5.69 Å². The van der Waals surface area contributed by atoms with E-state index in [1.807, 2.05) is 4.68 Å². The van der Waals surface area contributed by atoms with Crippen molar-refractivity contribution in [1.29, 1.82) is 0 Å². The molecule has 0 bridgehead atoms. The van der Waals surface area contributed by atoms with Crippen LogP contribution in [0, 0.1) is 5.92 Å². The topological polar surface area (TPSA) is 72.2 Å². The third-order valence-electron chi connectivity index (χ3n) is 5.00. The Morgan fingerprint density at radius 3 is 2.52 bits per heavy atom. The van der Waals surface area contributed by atoms with Gasteiger partial charge in [-0.2, -0.15) is 5.10 Å². The van der Waals surface area contributed by atoms with Gasteiger partial charge in [-0.15, -0.1) is 0 Å². The van der Waals surface area contributed by atoms with Crippen molar-refractivity contribution < 1.29 is 14.7 Å². The normalized spacial score (nSPS) is 22.8. The summed E-state index contributed by atoms with van der Waals surface area (Å²) in [6.45, 7) is 1.60. The highest BCUT2D eigenvalue weighted by molar-refractivity contribution is 5.88. The summed E-state index contributed by atoms with van der Waals surface area (Å²) in [5.41, 5.74) is 2.04. The molecular weight excluding hydrogens is 268 g/mol. The number of aromatic carboxylic acids is 1. The fourth-order valence-corrected chi connectivity index (χ4v) is 3.79. The van der Waals surface area contributed by atoms with Crippen LogP contribution >= 0.6 is 0 Å². The Kier molecular flexibility index (Phi) is 3.83. The predicted molar refractivity (Wildman–Crippen MR) is 77.5 cm³/mol. The van der Waals surface area contributed by atoms with Crippen molar-refractivity contribution in [2.24, 2.45) is 5.92 Å². The molecule has 1 saturated carbocycles. The van der Waals surface area contributed by atoms with Gasteiger partial charge in [-0.1, -0.05) is 19.3 Å². The van der Waals surface area contributed by atoms with Crippen molar-refractivity contribution in [1.82, 2.24) is 9.78 Å². The zero-order valence-electron chi connectivity index (χ0n) is 12.5. The minimum atomic E-state index is -0.968. The molecule has 1 fully saturated rings. The molecule has 1 aromatic heterocycles. The number of aromatic nitrogens is 2. The highest BCUT2D eigenvalue weighted by Crippen LogP contribution is 2.35. The second kappa shape index (κ2) is 5.62. The Morgan fingerprint density at radius 1 is 1.19 bits per heavy atom. The summed E-state index contributed by atoms with van der Waals surface area (Å²) < 4.78 is 1.98. The molecule has 0 spiro atoms. The van der Waals surface area contributed by atoms with Crippen molar-refractivity contribution in [3.05, 3.63) is 17.0 Å². The van der Waals surface area contributed by atoms with Crippen molar-refractivity contribution in [3.63, 3.8) is 0 Å². The Balaban J connectivity index is 1.98. The zero-order chi connectivity index (χ0) is 15.0. The number of carbonyl (C=O) groups excluding carboxylic acids is 1. The van der Waals surface area contributed by atoms with Crippen LogP contribution in [0.1, 0.15) is 73.2 Å². The van der Waals surface area contributed by atoms with E-state index < -0.39 is 5.97 Å². The number of rotatable bonds is 3. The maximum absolute atomic E-state index is 11.6. The summed E-state index contributed by atoms with van der Waals surface area (Å²) in [5.74, 6) is -0.855. The third-order valence-corrected chi connectivity index (χ3v) is 5.00. The van der Waals surface area contributed by atoms with E-state index in [1.54, 1.807) is 6.92 Å². The number of carbonyl (C=O) groups is 2. The Morgan fingerprint density at radius 2 is 1.90 bits per heavy atom. The molecule has 1 aromatic rings. The van der Waals surface area contributed by atoms with Crippen molar-refractivity contribution in [2.45, 2.75) is 64.3 Å². The molecule has 1 unspecified atom stereocenters. The number of carboxylic acids is 1. The highest BCUT2D eigenvalue weighted by atomic mass is 16.4. The highest BCUT2D eigenvalue weighted by Gasteiger charge is 2.32. The molecule has 0 radical (unpaired) electrons. The Bertz CT molecular complexity index is 570. The van der Waals surface area contributed by atoms with E-state index in [0.717, 1.165) is 36.9 Å². The van der Waals surface area contributed by atoms with Gasteiger partial charge in [0.25, 0.3) is 0 Å². The predicted octanol–water partition coefficient (Wildman–Crippen LogP) is 2.78. The van der Waals surface area contributed by atoms with Crippen molar-refractivity contribution in [2.75, 3.05) is 0 Å². The maximum Gasteiger partial charge on any atom is 0.356 e. The molecule has 2 aliphatic rings. The van der Waals surface area contributed by atoms with Gasteiger partial charge < -0.3 is 5.11 Å². The van der Waals surface area contributed by atoms with E-state index in [1.165, 1.54) is 19.3 Å². The molecule has 5 nitrogen and oxygen atoms in total. The quantitative estimate of drug-likeness (QED) is 0.929. The summed E-state index contributed by atoms with van der Waals surface area (Å²) in [6, 6.07) is 0.342. The van der Waals surface area contributed by atoms with Crippen LogP contribution in [0.25, 0.3) is 0 Å². The van der Waals surface area contributed by atoms with Gasteiger partial charge in [0, 0.05) is 17.2 Å². The number of hydrogen-bond acceptors (Lipinski definition) is 3. The lowest BCUT2D eigenvalue weighted by Crippen LogP contribution is -2.24. The first-order valence-electron chi connectivity index (χ1n) is 7.92. The van der Waals surface area contributed by atoms with E-state index in [2.05, 4.69) is 5.10 Å². The minimum absolute atomic E-state index is 0.0420. The molecular formula is C16H22N2O3. The van der Waals surface area contributed by atoms with Gasteiger partial charge in [0.2, 0.25) is 0 Å².